The van der Waals surface area contributed by atoms with Crippen LogP contribution in [0.1, 0.15) is 211 Å². The molecule has 24 heteroatoms. The number of esters is 3. The minimum absolute atomic E-state index is 0.00806. The molecule has 6 amide bonds. The molecule has 4 atom stereocenters. The molecule has 1 aliphatic rings. The molecule has 1 aliphatic heterocycles. The highest BCUT2D eigenvalue weighted by atomic mass is 32.2. The zero-order valence-electron chi connectivity index (χ0n) is 60.5. The Morgan fingerprint density at radius 1 is 0.786 bits per heavy atom. The SMILES string of the molecule is C/C=C(\NC(=O)c1cccc(CNC(=O)OC(C)(C)C)c1)C(=O)N[C@H](C(=O)O[C@H](/C=C/CCSC(=O)CCCCCCC)CC(=O)OCC[Si](C)(C)C)C(C)C.C/C=C1\NC(=O)c2cccc(c2)CNC(=O)C[C@@H](/C=C/CCSC(=O)CCCCCCC)OC(=O)[C@H](C(C)C)NC1=O. The average molecular weight is 1420 g/mol. The van der Waals surface area contributed by atoms with Crippen molar-refractivity contribution in [3.05, 3.63) is 119 Å². The fraction of sp³-hybridized carbons (Fsp3) is 0.581. The van der Waals surface area contributed by atoms with Crippen LogP contribution in [0.5, 0.6) is 0 Å². The van der Waals surface area contributed by atoms with Gasteiger partial charge in [-0.1, -0.05) is 185 Å². The van der Waals surface area contributed by atoms with Crippen molar-refractivity contribution in [1.82, 2.24) is 31.9 Å². The monoisotopic (exact) mass is 1420 g/mol. The van der Waals surface area contributed by atoms with E-state index in [1.807, 2.05) is 6.08 Å². The minimum Gasteiger partial charge on any atom is -0.466 e. The van der Waals surface area contributed by atoms with Crippen LogP contribution in [-0.2, 0) is 70.4 Å². The zero-order valence-corrected chi connectivity index (χ0v) is 63.2. The topological polar surface area (TPSA) is 297 Å². The van der Waals surface area contributed by atoms with Crippen molar-refractivity contribution in [1.29, 1.82) is 0 Å². The van der Waals surface area contributed by atoms with E-state index in [0.29, 0.717) is 53.9 Å². The molecule has 0 aliphatic carbocycles. The molecule has 544 valence electrons. The highest BCUT2D eigenvalue weighted by Gasteiger charge is 2.32. The Morgan fingerprint density at radius 2 is 1.41 bits per heavy atom. The van der Waals surface area contributed by atoms with Crippen LogP contribution in [0.3, 0.4) is 0 Å². The van der Waals surface area contributed by atoms with Crippen molar-refractivity contribution in [3.63, 3.8) is 0 Å². The number of thioether (sulfide) groups is 2. The lowest BCUT2D eigenvalue weighted by Gasteiger charge is -2.24. The third-order valence-electron chi connectivity index (χ3n) is 14.9. The molecule has 2 aromatic carbocycles. The Bertz CT molecular complexity index is 3040. The number of hydrogen-bond acceptors (Lipinski definition) is 17. The molecule has 2 aromatic rings. The molecule has 0 spiro atoms. The minimum atomic E-state index is -1.44. The van der Waals surface area contributed by atoms with E-state index >= 15 is 0 Å². The highest BCUT2D eigenvalue weighted by Crippen LogP contribution is 2.19. The van der Waals surface area contributed by atoms with E-state index in [1.165, 1.54) is 54.9 Å². The summed E-state index contributed by atoms with van der Waals surface area (Å²) >= 11 is 2.57. The van der Waals surface area contributed by atoms with Gasteiger partial charge >= 0.3 is 24.0 Å². The van der Waals surface area contributed by atoms with Crippen molar-refractivity contribution < 1.29 is 71.7 Å². The number of alkyl carbamates (subject to hydrolysis) is 1. The molecular weight excluding hydrogens is 1310 g/mol. The Kier molecular flexibility index (Phi) is 42.2. The lowest BCUT2D eigenvalue weighted by Crippen LogP contribution is -2.48. The molecule has 0 unspecified atom stereocenters. The van der Waals surface area contributed by atoms with Crippen LogP contribution in [-0.4, -0.2) is 120 Å². The predicted octanol–water partition coefficient (Wildman–Crippen LogP) is 13.2. The summed E-state index contributed by atoms with van der Waals surface area (Å²) in [4.78, 5) is 141. The van der Waals surface area contributed by atoms with Gasteiger partial charge in [-0.15, -0.1) is 0 Å². The van der Waals surface area contributed by atoms with Crippen LogP contribution in [0.2, 0.25) is 25.7 Å². The van der Waals surface area contributed by atoms with Crippen LogP contribution in [0, 0.1) is 11.8 Å². The summed E-state index contributed by atoms with van der Waals surface area (Å²) < 4.78 is 22.2. The van der Waals surface area contributed by atoms with Gasteiger partial charge in [-0.3, -0.25) is 38.4 Å². The molecule has 0 saturated carbocycles. The summed E-state index contributed by atoms with van der Waals surface area (Å²) in [6, 6.07) is 12.0. The summed E-state index contributed by atoms with van der Waals surface area (Å²) in [6.45, 7) is 26.9. The van der Waals surface area contributed by atoms with E-state index in [2.05, 4.69) is 65.4 Å². The molecule has 1 heterocycles. The molecule has 0 radical (unpaired) electrons. The molecule has 21 nitrogen and oxygen atoms in total. The maximum absolute atomic E-state index is 13.6. The quantitative estimate of drug-likeness (QED) is 0.00933. The van der Waals surface area contributed by atoms with Crippen LogP contribution in [0.25, 0.3) is 0 Å². The first-order chi connectivity index (χ1) is 46.4. The van der Waals surface area contributed by atoms with E-state index in [4.69, 9.17) is 18.9 Å². The maximum atomic E-state index is 13.6. The number of ether oxygens (including phenoxy) is 4. The number of fused-ring (bicyclic) bond motifs is 2. The first-order valence-electron chi connectivity index (χ1n) is 34.6. The smallest absolute Gasteiger partial charge is 0.407 e. The molecule has 2 bridgehead atoms. The Balaban J connectivity index is 0.000000693. The second-order valence-electron chi connectivity index (χ2n) is 26.8. The molecule has 3 rings (SSSR count). The second-order valence-corrected chi connectivity index (χ2v) is 34.8. The fourth-order valence-electron chi connectivity index (χ4n) is 9.24. The molecular formula is C74H112N6O15S2Si. The summed E-state index contributed by atoms with van der Waals surface area (Å²) in [5, 5.41) is 16.3. The lowest BCUT2D eigenvalue weighted by molar-refractivity contribution is -0.156. The van der Waals surface area contributed by atoms with Gasteiger partial charge in [0, 0.05) is 56.6 Å². The first-order valence-corrected chi connectivity index (χ1v) is 40.3. The van der Waals surface area contributed by atoms with Crippen molar-refractivity contribution in [3.8, 4) is 0 Å². The molecule has 6 N–H and O–H groups in total. The van der Waals surface area contributed by atoms with Crippen molar-refractivity contribution in [2.24, 2.45) is 11.8 Å². The number of rotatable bonds is 35. The van der Waals surface area contributed by atoms with Gasteiger partial charge in [0.1, 0.15) is 41.3 Å². The van der Waals surface area contributed by atoms with Crippen molar-refractivity contribution in [2.75, 3.05) is 18.1 Å². The number of carbonyl (C=O) groups is 11. The van der Waals surface area contributed by atoms with Gasteiger partial charge in [-0.2, -0.15) is 0 Å². The van der Waals surface area contributed by atoms with Gasteiger partial charge in [0.05, 0.1) is 19.4 Å². The Hall–Kier alpha value is -7.31. The van der Waals surface area contributed by atoms with Gasteiger partial charge < -0.3 is 50.8 Å². The summed E-state index contributed by atoms with van der Waals surface area (Å²) in [5.41, 5.74) is 1.18. The van der Waals surface area contributed by atoms with Gasteiger partial charge in [0.2, 0.25) is 5.91 Å². The Labute approximate surface area is 592 Å². The largest absolute Gasteiger partial charge is 0.466 e. The van der Waals surface area contributed by atoms with Crippen molar-refractivity contribution >= 4 is 95.4 Å². The Morgan fingerprint density at radius 3 is 1.99 bits per heavy atom. The molecule has 0 aromatic heterocycles. The standard InChI is InChI=1S/C42H67N3O9SSi.C32H45N3O6S/c1-11-13-14-15-16-23-36(47)55-25-18-17-22-33(28-35(46)52-24-26-56(8,9)10)53-40(50)37(30(3)4)45-39(49)34(12-2)44-38(48)32-21-19-20-31(27-32)29-43-41(51)54-42(5,6)7;1-5-7-8-9-10-17-28(37)42-18-12-11-16-25-20-27(36)33-21-23-14-13-15-24(19-23)30(38)34-26(6-2)31(39)35-29(22(3)4)32(40)41-25/h12,17,19-22,27,30,33,37H,11,13-16,18,23-26,28-29H2,1-10H3,(H,43,51)(H,44,48)(H,45,49);6,11,13-16,19,22,25,29H,5,7-10,12,17-18,20-21H2,1-4H3,(H,33,36)(H,34,38)(H,35,39)/b22-17+,34-12-;16-11+,26-6-/t33-,37+;25-,29+/m11/s1. The van der Waals surface area contributed by atoms with Gasteiger partial charge in [-0.05, 0) is 126 Å². The van der Waals surface area contributed by atoms with Crippen LogP contribution in [0.4, 0.5) is 4.79 Å². The molecule has 0 fully saturated rings. The number of unbranched alkanes of at least 4 members (excludes halogenated alkanes) is 8. The first kappa shape index (κ1) is 86.8. The zero-order chi connectivity index (χ0) is 73.2. The molecule has 0 saturated heterocycles. The highest BCUT2D eigenvalue weighted by molar-refractivity contribution is 8.13. The number of benzene rings is 2. The number of allylic oxidation sites excluding steroid dienone is 4. The third kappa shape index (κ3) is 38.7. The summed E-state index contributed by atoms with van der Waals surface area (Å²) in [7, 11) is -1.44. The van der Waals surface area contributed by atoms with Gasteiger partial charge in [-0.25, -0.2) is 14.4 Å². The second kappa shape index (κ2) is 47.6. The average Bonchev–Trinajstić information content (AvgIpc) is 0.867. The van der Waals surface area contributed by atoms with E-state index in [0.717, 1.165) is 51.0 Å². The summed E-state index contributed by atoms with van der Waals surface area (Å²) in [6.07, 6.45) is 20.2. The van der Waals surface area contributed by atoms with Crippen molar-refractivity contribution in [2.45, 2.75) is 248 Å². The van der Waals surface area contributed by atoms with Gasteiger partial charge in [0.15, 0.2) is 10.2 Å². The van der Waals surface area contributed by atoms with E-state index in [-0.39, 0.29) is 71.6 Å². The number of nitrogens with one attached hydrogen (secondary N) is 6. The lowest BCUT2D eigenvalue weighted by atomic mass is 10.0. The van der Waals surface area contributed by atoms with E-state index in [9.17, 15) is 52.7 Å². The predicted molar refractivity (Wildman–Crippen MR) is 391 cm³/mol. The van der Waals surface area contributed by atoms with Crippen LogP contribution >= 0.6 is 23.5 Å². The third-order valence-corrected chi connectivity index (χ3v) is 18.5. The fourth-order valence-corrected chi connectivity index (χ4v) is 11.5. The van der Waals surface area contributed by atoms with Crippen LogP contribution in [0.15, 0.2) is 96.4 Å². The van der Waals surface area contributed by atoms with Gasteiger partial charge in [0.25, 0.3) is 23.6 Å². The van der Waals surface area contributed by atoms with Crippen LogP contribution < -0.4 is 31.9 Å². The maximum Gasteiger partial charge on any atom is 0.407 e. The number of amides is 6. The normalized spacial score (nSPS) is 16.0. The number of hydrogen-bond donors (Lipinski definition) is 6. The molecule has 98 heavy (non-hydrogen) atoms. The number of carbonyl (C=O) groups excluding carboxylic acids is 11. The van der Waals surface area contributed by atoms with E-state index in [1.54, 1.807) is 129 Å². The summed E-state index contributed by atoms with van der Waals surface area (Å²) in [5.74, 6) is -4.26. The number of cyclic esters (lactones) is 1. The van der Waals surface area contributed by atoms with E-state index < -0.39 is 91.5 Å².